The minimum absolute atomic E-state index is 0.0480. The van der Waals surface area contributed by atoms with Crippen LogP contribution in [0.15, 0.2) is 24.3 Å². The number of benzene rings is 1. The molecule has 2 N–H and O–H groups in total. The van der Waals surface area contributed by atoms with E-state index in [-0.39, 0.29) is 6.04 Å². The molecule has 0 radical (unpaired) electrons. The monoisotopic (exact) mass is 355 g/mol. The van der Waals surface area contributed by atoms with E-state index < -0.39 is 5.91 Å². The number of amides is 1. The average Bonchev–Trinajstić information content (AvgIpc) is 3.09. The molecule has 138 valence electrons. The number of carbonyl (C=O) groups is 1. The zero-order chi connectivity index (χ0) is 18.8. The highest BCUT2D eigenvalue weighted by molar-refractivity contribution is 5.99. The molecule has 26 heavy (non-hydrogen) atoms. The first-order chi connectivity index (χ1) is 12.5. The number of hydrogen-bond donors (Lipinski definition) is 1. The van der Waals surface area contributed by atoms with Gasteiger partial charge in [-0.15, -0.1) is 0 Å². The number of aryl methyl sites for hydroxylation is 2. The van der Waals surface area contributed by atoms with Gasteiger partial charge in [0.2, 0.25) is 0 Å². The number of nitrogens with zero attached hydrogens (tertiary/aromatic N) is 2. The zero-order valence-electron chi connectivity index (χ0n) is 15.7. The van der Waals surface area contributed by atoms with Gasteiger partial charge in [0.15, 0.2) is 0 Å². The third-order valence-electron chi connectivity index (χ3n) is 4.89. The Hall–Kier alpha value is -2.76. The standard InChI is InChI=1S/C20H25N3O3/c1-12-10-13(2)22-20(18(12)19(21)24)23-9-5-6-16(23)15-11-14(25-3)7-8-17(15)26-4/h7-8,10-11,16H,5-6,9H2,1-4H3,(H2,21,24)/t16-/m1/s1. The van der Waals surface area contributed by atoms with Crippen LogP contribution in [0, 0.1) is 13.8 Å². The number of hydrogen-bond acceptors (Lipinski definition) is 5. The molecule has 1 fully saturated rings. The number of ether oxygens (including phenoxy) is 2. The third-order valence-corrected chi connectivity index (χ3v) is 4.89. The van der Waals surface area contributed by atoms with Crippen LogP contribution in [0.2, 0.25) is 0 Å². The molecular weight excluding hydrogens is 330 g/mol. The van der Waals surface area contributed by atoms with Gasteiger partial charge in [0.1, 0.15) is 17.3 Å². The highest BCUT2D eigenvalue weighted by Gasteiger charge is 2.32. The summed E-state index contributed by atoms with van der Waals surface area (Å²) in [6, 6.07) is 7.72. The lowest BCUT2D eigenvalue weighted by Crippen LogP contribution is -2.28. The molecule has 0 bridgehead atoms. The number of methoxy groups -OCH3 is 2. The summed E-state index contributed by atoms with van der Waals surface area (Å²) >= 11 is 0. The summed E-state index contributed by atoms with van der Waals surface area (Å²) in [4.78, 5) is 18.9. The molecule has 1 aliphatic heterocycles. The van der Waals surface area contributed by atoms with Crippen molar-refractivity contribution in [1.29, 1.82) is 0 Å². The fraction of sp³-hybridized carbons (Fsp3) is 0.400. The molecular formula is C20H25N3O3. The molecule has 6 heteroatoms. The largest absolute Gasteiger partial charge is 0.497 e. The first kappa shape index (κ1) is 18.0. The van der Waals surface area contributed by atoms with Crippen LogP contribution in [0.4, 0.5) is 5.82 Å². The summed E-state index contributed by atoms with van der Waals surface area (Å²) in [7, 11) is 3.31. The van der Waals surface area contributed by atoms with Gasteiger partial charge in [0.25, 0.3) is 5.91 Å². The van der Waals surface area contributed by atoms with Crippen LogP contribution >= 0.6 is 0 Å². The summed E-state index contributed by atoms with van der Waals surface area (Å²) in [5.41, 5.74) is 8.90. The van der Waals surface area contributed by atoms with E-state index >= 15 is 0 Å². The van der Waals surface area contributed by atoms with Gasteiger partial charge in [-0.1, -0.05) is 0 Å². The van der Waals surface area contributed by atoms with E-state index in [0.717, 1.165) is 47.7 Å². The van der Waals surface area contributed by atoms with Crippen LogP contribution in [0.3, 0.4) is 0 Å². The molecule has 1 aliphatic rings. The molecule has 1 aromatic heterocycles. The molecule has 2 aromatic rings. The summed E-state index contributed by atoms with van der Waals surface area (Å²) in [6.07, 6.45) is 1.94. The van der Waals surface area contributed by atoms with Crippen LogP contribution in [-0.2, 0) is 0 Å². The smallest absolute Gasteiger partial charge is 0.252 e. The maximum Gasteiger partial charge on any atom is 0.252 e. The third kappa shape index (κ3) is 3.19. The summed E-state index contributed by atoms with van der Waals surface area (Å²) in [5.74, 6) is 1.78. The Kier molecular flexibility index (Phi) is 5.02. The van der Waals surface area contributed by atoms with Gasteiger partial charge in [0.05, 0.1) is 25.8 Å². The minimum atomic E-state index is -0.451. The quantitative estimate of drug-likeness (QED) is 0.891. The van der Waals surface area contributed by atoms with E-state index in [9.17, 15) is 4.79 Å². The van der Waals surface area contributed by atoms with E-state index in [2.05, 4.69) is 9.88 Å². The van der Waals surface area contributed by atoms with Gasteiger partial charge < -0.3 is 20.1 Å². The van der Waals surface area contributed by atoms with Crippen molar-refractivity contribution in [2.75, 3.05) is 25.7 Å². The predicted octanol–water partition coefficient (Wildman–Crippen LogP) is 3.16. The molecule has 2 heterocycles. The van der Waals surface area contributed by atoms with Crippen molar-refractivity contribution in [3.63, 3.8) is 0 Å². The van der Waals surface area contributed by atoms with Crippen LogP contribution in [-0.4, -0.2) is 31.7 Å². The van der Waals surface area contributed by atoms with Crippen LogP contribution < -0.4 is 20.1 Å². The van der Waals surface area contributed by atoms with Crippen molar-refractivity contribution in [3.8, 4) is 11.5 Å². The van der Waals surface area contributed by atoms with Gasteiger partial charge in [0, 0.05) is 17.8 Å². The Labute approximate surface area is 153 Å². The van der Waals surface area contributed by atoms with E-state index in [1.807, 2.05) is 38.1 Å². The Balaban J connectivity index is 2.12. The maximum absolute atomic E-state index is 12.1. The molecule has 0 saturated carbocycles. The molecule has 1 saturated heterocycles. The highest BCUT2D eigenvalue weighted by atomic mass is 16.5. The lowest BCUT2D eigenvalue weighted by molar-refractivity contribution is 0.1000. The second-order valence-electron chi connectivity index (χ2n) is 6.60. The fourth-order valence-electron chi connectivity index (χ4n) is 3.77. The lowest BCUT2D eigenvalue weighted by atomic mass is 10.0. The first-order valence-corrected chi connectivity index (χ1v) is 8.73. The summed E-state index contributed by atoms with van der Waals surface area (Å²) in [5, 5.41) is 0. The van der Waals surface area contributed by atoms with Crippen molar-refractivity contribution < 1.29 is 14.3 Å². The molecule has 0 spiro atoms. The zero-order valence-corrected chi connectivity index (χ0v) is 15.7. The first-order valence-electron chi connectivity index (χ1n) is 8.73. The Morgan fingerprint density at radius 1 is 1.23 bits per heavy atom. The van der Waals surface area contributed by atoms with Gasteiger partial charge >= 0.3 is 0 Å². The minimum Gasteiger partial charge on any atom is -0.497 e. The maximum atomic E-state index is 12.1. The number of nitrogens with two attached hydrogens (primary N) is 1. The van der Waals surface area contributed by atoms with E-state index in [4.69, 9.17) is 15.2 Å². The summed E-state index contributed by atoms with van der Waals surface area (Å²) < 4.78 is 11.0. The van der Waals surface area contributed by atoms with E-state index in [1.54, 1.807) is 14.2 Å². The summed E-state index contributed by atoms with van der Waals surface area (Å²) in [6.45, 7) is 4.63. The molecule has 1 amide bonds. The molecule has 1 aromatic carbocycles. The van der Waals surface area contributed by atoms with E-state index in [1.165, 1.54) is 0 Å². The predicted molar refractivity (Wildman–Crippen MR) is 101 cm³/mol. The molecule has 3 rings (SSSR count). The number of carbonyl (C=O) groups excluding carboxylic acids is 1. The number of pyridine rings is 1. The van der Waals surface area contributed by atoms with E-state index in [0.29, 0.717) is 11.4 Å². The van der Waals surface area contributed by atoms with Crippen LogP contribution in [0.5, 0.6) is 11.5 Å². The number of primary amides is 1. The number of anilines is 1. The van der Waals surface area contributed by atoms with Crippen molar-refractivity contribution >= 4 is 11.7 Å². The fourth-order valence-corrected chi connectivity index (χ4v) is 3.77. The number of rotatable bonds is 5. The van der Waals surface area contributed by atoms with Gasteiger partial charge in [-0.25, -0.2) is 4.98 Å². The molecule has 0 aliphatic carbocycles. The Morgan fingerprint density at radius 3 is 2.65 bits per heavy atom. The van der Waals surface area contributed by atoms with Gasteiger partial charge in [-0.2, -0.15) is 0 Å². The second-order valence-corrected chi connectivity index (χ2v) is 6.60. The average molecular weight is 355 g/mol. The van der Waals surface area contributed by atoms with Crippen molar-refractivity contribution in [3.05, 3.63) is 46.6 Å². The Morgan fingerprint density at radius 2 is 2.00 bits per heavy atom. The Bertz CT molecular complexity index is 835. The van der Waals surface area contributed by atoms with Crippen LogP contribution in [0.1, 0.15) is 46.1 Å². The van der Waals surface area contributed by atoms with Crippen molar-refractivity contribution in [2.45, 2.75) is 32.7 Å². The molecule has 6 nitrogen and oxygen atoms in total. The van der Waals surface area contributed by atoms with Crippen molar-refractivity contribution in [2.24, 2.45) is 5.73 Å². The van der Waals surface area contributed by atoms with Gasteiger partial charge in [-0.3, -0.25) is 4.79 Å². The lowest BCUT2D eigenvalue weighted by Gasteiger charge is -2.29. The van der Waals surface area contributed by atoms with Crippen LogP contribution in [0.25, 0.3) is 0 Å². The molecule has 1 atom stereocenters. The topological polar surface area (TPSA) is 77.7 Å². The SMILES string of the molecule is COc1ccc(OC)c([C@H]2CCCN2c2nc(C)cc(C)c2C(N)=O)c1. The number of aromatic nitrogens is 1. The van der Waals surface area contributed by atoms with Crippen molar-refractivity contribution in [1.82, 2.24) is 4.98 Å². The normalized spacial score (nSPS) is 16.6. The van der Waals surface area contributed by atoms with Gasteiger partial charge in [-0.05, 0) is 56.5 Å². The molecule has 0 unspecified atom stereocenters. The second kappa shape index (κ2) is 7.23. The highest BCUT2D eigenvalue weighted by Crippen LogP contribution is 2.42.